The zero-order valence-corrected chi connectivity index (χ0v) is 11.1. The number of hydrogen-bond acceptors (Lipinski definition) is 1. The summed E-state index contributed by atoms with van der Waals surface area (Å²) < 4.78 is 13.0. The summed E-state index contributed by atoms with van der Waals surface area (Å²) in [5, 5.41) is 3.53. The van der Waals surface area contributed by atoms with Gasteiger partial charge in [-0.05, 0) is 67.2 Å². The SMILES string of the molecule is CCNCC1(Cc2ccc(F)cc2)CC2CC2C1. The molecule has 0 aliphatic heterocycles. The molecule has 98 valence electrons. The second kappa shape index (κ2) is 4.65. The fourth-order valence-corrected chi connectivity index (χ4v) is 3.78. The van der Waals surface area contributed by atoms with Gasteiger partial charge < -0.3 is 5.32 Å². The highest BCUT2D eigenvalue weighted by Crippen LogP contribution is 2.60. The Labute approximate surface area is 109 Å². The molecule has 0 bridgehead atoms. The molecule has 1 aromatic rings. The Bertz CT molecular complexity index is 402. The fourth-order valence-electron chi connectivity index (χ4n) is 3.78. The molecule has 2 aliphatic carbocycles. The molecule has 1 nitrogen and oxygen atoms in total. The van der Waals surface area contributed by atoms with Crippen LogP contribution in [0.2, 0.25) is 0 Å². The maximum Gasteiger partial charge on any atom is 0.123 e. The molecule has 0 aromatic heterocycles. The van der Waals surface area contributed by atoms with Crippen molar-refractivity contribution in [2.24, 2.45) is 17.3 Å². The van der Waals surface area contributed by atoms with E-state index in [0.29, 0.717) is 5.41 Å². The minimum absolute atomic E-state index is 0.131. The predicted molar refractivity (Wildman–Crippen MR) is 71.9 cm³/mol. The molecule has 18 heavy (non-hydrogen) atoms. The Kier molecular flexibility index (Phi) is 3.14. The molecule has 0 amide bonds. The van der Waals surface area contributed by atoms with Crippen LogP contribution in [0.1, 0.15) is 31.7 Å². The van der Waals surface area contributed by atoms with Crippen LogP contribution in [0.25, 0.3) is 0 Å². The van der Waals surface area contributed by atoms with Gasteiger partial charge in [0.1, 0.15) is 5.82 Å². The predicted octanol–water partition coefficient (Wildman–Crippen LogP) is 3.39. The third-order valence-corrected chi connectivity index (χ3v) is 4.70. The van der Waals surface area contributed by atoms with Crippen LogP contribution in [0.15, 0.2) is 24.3 Å². The summed E-state index contributed by atoms with van der Waals surface area (Å²) in [4.78, 5) is 0. The van der Waals surface area contributed by atoms with Crippen molar-refractivity contribution in [3.63, 3.8) is 0 Å². The van der Waals surface area contributed by atoms with Crippen LogP contribution in [-0.4, -0.2) is 13.1 Å². The summed E-state index contributed by atoms with van der Waals surface area (Å²) in [5.74, 6) is 1.85. The van der Waals surface area contributed by atoms with Crippen molar-refractivity contribution in [2.45, 2.75) is 32.6 Å². The van der Waals surface area contributed by atoms with E-state index in [1.165, 1.54) is 24.8 Å². The van der Waals surface area contributed by atoms with Crippen LogP contribution in [0, 0.1) is 23.1 Å². The summed E-state index contributed by atoms with van der Waals surface area (Å²) in [7, 11) is 0. The van der Waals surface area contributed by atoms with Crippen molar-refractivity contribution in [1.82, 2.24) is 5.32 Å². The lowest BCUT2D eigenvalue weighted by molar-refractivity contribution is 0.250. The molecule has 0 radical (unpaired) electrons. The van der Waals surface area contributed by atoms with E-state index in [1.807, 2.05) is 12.1 Å². The van der Waals surface area contributed by atoms with Crippen molar-refractivity contribution in [3.05, 3.63) is 35.6 Å². The van der Waals surface area contributed by atoms with Gasteiger partial charge in [-0.1, -0.05) is 19.1 Å². The van der Waals surface area contributed by atoms with Crippen molar-refractivity contribution >= 4 is 0 Å². The molecule has 1 N–H and O–H groups in total. The first-order valence-electron chi connectivity index (χ1n) is 7.16. The third-order valence-electron chi connectivity index (χ3n) is 4.70. The van der Waals surface area contributed by atoms with Gasteiger partial charge in [0.15, 0.2) is 0 Å². The molecule has 2 fully saturated rings. The minimum atomic E-state index is -0.131. The van der Waals surface area contributed by atoms with Crippen LogP contribution in [0.4, 0.5) is 4.39 Å². The van der Waals surface area contributed by atoms with E-state index in [1.54, 1.807) is 12.1 Å². The highest BCUT2D eigenvalue weighted by atomic mass is 19.1. The standard InChI is InChI=1S/C16H22FN/c1-2-18-11-16(9-13-7-14(13)10-16)8-12-3-5-15(17)6-4-12/h3-6,13-14,18H,2,7-11H2,1H3. The number of nitrogens with one attached hydrogen (secondary N) is 1. The molecule has 0 spiro atoms. The molecule has 2 saturated carbocycles. The topological polar surface area (TPSA) is 12.0 Å². The van der Waals surface area contributed by atoms with Crippen molar-refractivity contribution in [3.8, 4) is 0 Å². The molecule has 0 saturated heterocycles. The van der Waals surface area contributed by atoms with Gasteiger partial charge in [-0.3, -0.25) is 0 Å². The number of fused-ring (bicyclic) bond motifs is 1. The van der Waals surface area contributed by atoms with Crippen LogP contribution in [-0.2, 0) is 6.42 Å². The third kappa shape index (κ3) is 2.44. The quantitative estimate of drug-likeness (QED) is 0.841. The Hall–Kier alpha value is -0.890. The Morgan fingerprint density at radius 1 is 1.22 bits per heavy atom. The van der Waals surface area contributed by atoms with Gasteiger partial charge in [0.05, 0.1) is 0 Å². The highest BCUT2D eigenvalue weighted by Gasteiger charge is 2.53. The lowest BCUT2D eigenvalue weighted by Crippen LogP contribution is -2.35. The van der Waals surface area contributed by atoms with Gasteiger partial charge in [0.2, 0.25) is 0 Å². The van der Waals surface area contributed by atoms with E-state index in [0.717, 1.165) is 31.3 Å². The minimum Gasteiger partial charge on any atom is -0.316 e. The zero-order chi connectivity index (χ0) is 12.6. The van der Waals surface area contributed by atoms with Gasteiger partial charge in [-0.2, -0.15) is 0 Å². The summed E-state index contributed by atoms with van der Waals surface area (Å²) in [6, 6.07) is 7.08. The second-order valence-electron chi connectivity index (χ2n) is 6.25. The van der Waals surface area contributed by atoms with Gasteiger partial charge in [-0.15, -0.1) is 0 Å². The summed E-state index contributed by atoms with van der Waals surface area (Å²) in [5.41, 5.74) is 1.72. The largest absolute Gasteiger partial charge is 0.316 e. The first-order chi connectivity index (χ1) is 8.71. The summed E-state index contributed by atoms with van der Waals surface area (Å²) >= 11 is 0. The number of halogens is 1. The van der Waals surface area contributed by atoms with Gasteiger partial charge in [0, 0.05) is 6.54 Å². The monoisotopic (exact) mass is 247 g/mol. The molecule has 2 heteroatoms. The number of rotatable bonds is 5. The van der Waals surface area contributed by atoms with Gasteiger partial charge in [0.25, 0.3) is 0 Å². The average Bonchev–Trinajstić information content (AvgIpc) is 2.98. The average molecular weight is 247 g/mol. The van der Waals surface area contributed by atoms with Crippen molar-refractivity contribution < 1.29 is 4.39 Å². The van der Waals surface area contributed by atoms with Crippen LogP contribution >= 0.6 is 0 Å². The highest BCUT2D eigenvalue weighted by molar-refractivity contribution is 5.20. The molecule has 2 unspecified atom stereocenters. The zero-order valence-electron chi connectivity index (χ0n) is 11.1. The number of benzene rings is 1. The van der Waals surface area contributed by atoms with E-state index < -0.39 is 0 Å². The molecule has 2 atom stereocenters. The fraction of sp³-hybridized carbons (Fsp3) is 0.625. The van der Waals surface area contributed by atoms with E-state index in [2.05, 4.69) is 12.2 Å². The Morgan fingerprint density at radius 3 is 2.50 bits per heavy atom. The van der Waals surface area contributed by atoms with E-state index >= 15 is 0 Å². The molecular formula is C16H22FN. The molecule has 3 rings (SSSR count). The molecular weight excluding hydrogens is 225 g/mol. The van der Waals surface area contributed by atoms with Gasteiger partial charge in [-0.25, -0.2) is 4.39 Å². The van der Waals surface area contributed by atoms with Crippen LogP contribution in [0.5, 0.6) is 0 Å². The van der Waals surface area contributed by atoms with Crippen LogP contribution < -0.4 is 5.32 Å². The Morgan fingerprint density at radius 2 is 1.89 bits per heavy atom. The maximum absolute atomic E-state index is 13.0. The smallest absolute Gasteiger partial charge is 0.123 e. The molecule has 0 heterocycles. The van der Waals surface area contributed by atoms with Crippen molar-refractivity contribution in [1.29, 1.82) is 0 Å². The lowest BCUT2D eigenvalue weighted by Gasteiger charge is -2.31. The number of hydrogen-bond donors (Lipinski definition) is 1. The molecule has 2 aliphatic rings. The first kappa shape index (κ1) is 12.2. The normalized spacial score (nSPS) is 33.4. The van der Waals surface area contributed by atoms with Crippen LogP contribution in [0.3, 0.4) is 0 Å². The molecule has 1 aromatic carbocycles. The summed E-state index contributed by atoms with van der Waals surface area (Å²) in [6.45, 7) is 4.33. The lowest BCUT2D eigenvalue weighted by atomic mass is 9.77. The first-order valence-corrected chi connectivity index (χ1v) is 7.16. The van der Waals surface area contributed by atoms with Gasteiger partial charge >= 0.3 is 0 Å². The maximum atomic E-state index is 13.0. The Balaban J connectivity index is 1.71. The summed E-state index contributed by atoms with van der Waals surface area (Å²) in [6.07, 6.45) is 5.29. The van der Waals surface area contributed by atoms with E-state index in [-0.39, 0.29) is 5.82 Å². The van der Waals surface area contributed by atoms with E-state index in [4.69, 9.17) is 0 Å². The second-order valence-corrected chi connectivity index (χ2v) is 6.25. The van der Waals surface area contributed by atoms with E-state index in [9.17, 15) is 4.39 Å². The van der Waals surface area contributed by atoms with Crippen molar-refractivity contribution in [2.75, 3.05) is 13.1 Å².